The molecule has 0 saturated carbocycles. The molecule has 1 nitrogen and oxygen atoms in total. The molecule has 113 valence electrons. The fraction of sp³-hybridized carbons (Fsp3) is 0.400. The van der Waals surface area contributed by atoms with Gasteiger partial charge >= 0.3 is 26.2 Å². The van der Waals surface area contributed by atoms with Crippen LogP contribution in [0.2, 0.25) is 13.1 Å². The summed E-state index contributed by atoms with van der Waals surface area (Å²) in [7, 11) is 1.08. The van der Waals surface area contributed by atoms with Crippen molar-refractivity contribution in [3.8, 4) is 0 Å². The molecule has 5 heteroatoms. The summed E-state index contributed by atoms with van der Waals surface area (Å²) >= 11 is 0. The van der Waals surface area contributed by atoms with Crippen molar-refractivity contribution in [3.05, 3.63) is 53.5 Å². The molecular weight excluding hydrogens is 384 g/mol. The summed E-state index contributed by atoms with van der Waals surface area (Å²) in [6, 6.07) is 8.39. The monoisotopic (exact) mass is 408 g/mol. The van der Waals surface area contributed by atoms with Crippen LogP contribution in [0.3, 0.4) is 0 Å². The molecule has 1 aromatic rings. The Morgan fingerprint density at radius 3 is 1.85 bits per heavy atom. The fourth-order valence-corrected chi connectivity index (χ4v) is 1.11. The van der Waals surface area contributed by atoms with Gasteiger partial charge in [0.05, 0.1) is 0 Å². The number of rotatable bonds is 0. The van der Waals surface area contributed by atoms with Crippen LogP contribution in [0.5, 0.6) is 0 Å². The largest absolute Gasteiger partial charge is 3.00 e. The molecule has 2 rings (SSSR count). The van der Waals surface area contributed by atoms with Gasteiger partial charge in [-0.1, -0.05) is 31.3 Å². The minimum absolute atomic E-state index is 0. The first kappa shape index (κ1) is 32.5. The first-order valence-corrected chi connectivity index (χ1v) is 7.61. The number of halogens is 2. The van der Waals surface area contributed by atoms with E-state index in [0.29, 0.717) is 0 Å². The third kappa shape index (κ3) is 18.6. The summed E-state index contributed by atoms with van der Waals surface area (Å²) in [5, 5.41) is 0. The second kappa shape index (κ2) is 21.9. The van der Waals surface area contributed by atoms with Crippen LogP contribution in [0.15, 0.2) is 24.3 Å². The Labute approximate surface area is 159 Å². The summed E-state index contributed by atoms with van der Waals surface area (Å²) in [5.41, 5.74) is 2.73. The first-order chi connectivity index (χ1) is 7.61. The molecule has 20 heavy (non-hydrogen) atoms. The van der Waals surface area contributed by atoms with Gasteiger partial charge in [-0.15, -0.1) is 42.9 Å². The van der Waals surface area contributed by atoms with Gasteiger partial charge in [-0.3, -0.25) is 6.08 Å². The van der Waals surface area contributed by atoms with Gasteiger partial charge in [0, 0.05) is 9.52 Å². The molecule has 0 aliphatic heterocycles. The Bertz CT molecular complexity index is 318. The standard InChI is InChI=1S/C9H7.C4H9.C2H6Si.2ClH.H2N.Zr/c1-2-5-9-7-3-6-8(9)4-1;1-4(2)3;1-3-2;;;;/h1-2,4-6H,7H2;1-3H3;1-2H3;2*1H;1H2;/q2*-1;;;;-1;+3. The van der Waals surface area contributed by atoms with Crippen LogP contribution in [0.4, 0.5) is 0 Å². The molecule has 1 aromatic carbocycles. The van der Waals surface area contributed by atoms with Crippen LogP contribution in [0.25, 0.3) is 12.2 Å². The molecule has 0 atom stereocenters. The Kier molecular flexibility index (Phi) is 35.6. The molecule has 0 bridgehead atoms. The predicted molar refractivity (Wildman–Crippen MR) is 95.4 cm³/mol. The average Bonchev–Trinajstić information content (AvgIpc) is 2.65. The third-order valence-electron chi connectivity index (χ3n) is 1.61. The number of nitrogens with two attached hydrogens (primary N) is 1. The Morgan fingerprint density at radius 1 is 1.05 bits per heavy atom. The zero-order chi connectivity index (χ0) is 12.4. The maximum atomic E-state index is 3.16. The molecule has 0 heterocycles. The average molecular weight is 411 g/mol. The molecule has 1 aliphatic rings. The van der Waals surface area contributed by atoms with Crippen molar-refractivity contribution in [2.45, 2.75) is 40.3 Å². The smallest absolute Gasteiger partial charge is 0.693 e. The molecule has 3 radical (unpaired) electrons. The summed E-state index contributed by atoms with van der Waals surface area (Å²) in [6.07, 6.45) is 6.21. The van der Waals surface area contributed by atoms with Crippen molar-refractivity contribution in [2.24, 2.45) is 0 Å². The van der Waals surface area contributed by atoms with Crippen molar-refractivity contribution in [3.63, 3.8) is 0 Å². The molecule has 0 saturated heterocycles. The van der Waals surface area contributed by atoms with Gasteiger partial charge in [0.15, 0.2) is 0 Å². The normalized spacial score (nSPS) is 8.90. The second-order valence-corrected chi connectivity index (χ2v) is 5.22. The number of allylic oxidation sites excluding steroid dienone is 1. The zero-order valence-electron chi connectivity index (χ0n) is 13.0. The first-order valence-electron chi connectivity index (χ1n) is 5.61. The number of benzene rings is 1. The molecule has 1 aliphatic carbocycles. The van der Waals surface area contributed by atoms with Gasteiger partial charge < -0.3 is 12.1 Å². The van der Waals surface area contributed by atoms with Crippen molar-refractivity contribution in [2.75, 3.05) is 0 Å². The van der Waals surface area contributed by atoms with E-state index in [1.165, 1.54) is 17.0 Å². The van der Waals surface area contributed by atoms with E-state index < -0.39 is 0 Å². The van der Waals surface area contributed by atoms with Gasteiger partial charge in [0.25, 0.3) is 0 Å². The quantitative estimate of drug-likeness (QED) is 0.370. The Morgan fingerprint density at radius 2 is 1.45 bits per heavy atom. The van der Waals surface area contributed by atoms with Crippen LogP contribution in [0, 0.1) is 12.0 Å². The van der Waals surface area contributed by atoms with Crippen molar-refractivity contribution in [1.82, 2.24) is 0 Å². The van der Waals surface area contributed by atoms with Crippen molar-refractivity contribution in [1.29, 1.82) is 0 Å². The molecule has 0 amide bonds. The predicted octanol–water partition coefficient (Wildman–Crippen LogP) is 6.02. The maximum absolute atomic E-state index is 3.16. The van der Waals surface area contributed by atoms with E-state index in [9.17, 15) is 0 Å². The summed E-state index contributed by atoms with van der Waals surface area (Å²) in [4.78, 5) is 0. The maximum Gasteiger partial charge on any atom is 3.00 e. The van der Waals surface area contributed by atoms with E-state index in [1.54, 1.807) is 0 Å². The molecule has 0 unspecified atom stereocenters. The number of hydrogen-bond donors (Lipinski definition) is 0. The topological polar surface area (TPSA) is 33.5 Å². The summed E-state index contributed by atoms with van der Waals surface area (Å²) in [5.74, 6) is 1.42. The van der Waals surface area contributed by atoms with Crippen LogP contribution < -0.4 is 0 Å². The van der Waals surface area contributed by atoms with Crippen LogP contribution in [0.1, 0.15) is 31.9 Å². The minimum atomic E-state index is 0. The van der Waals surface area contributed by atoms with E-state index in [0.717, 1.165) is 15.9 Å². The van der Waals surface area contributed by atoms with Gasteiger partial charge in [-0.2, -0.15) is 26.3 Å². The van der Waals surface area contributed by atoms with E-state index in [1.807, 2.05) is 0 Å². The SMILES string of the molecule is C[C-](C)C.C[Si]C.Cl.Cl.[C-]1=Cc2ccccc2C1.[NH2-].[Zr+3]. The molecule has 2 N–H and O–H groups in total. The van der Waals surface area contributed by atoms with E-state index >= 15 is 0 Å². The van der Waals surface area contributed by atoms with Crippen LogP contribution >= 0.6 is 24.8 Å². The van der Waals surface area contributed by atoms with Gasteiger partial charge in [-0.05, 0) is 0 Å². The van der Waals surface area contributed by atoms with Gasteiger partial charge in [0.1, 0.15) is 0 Å². The minimum Gasteiger partial charge on any atom is -0.693 e. The van der Waals surface area contributed by atoms with E-state index in [4.69, 9.17) is 0 Å². The Balaban J connectivity index is -0.0000000607. The van der Waals surface area contributed by atoms with E-state index in [2.05, 4.69) is 70.3 Å². The number of hydrogen-bond acceptors (Lipinski definition) is 0. The van der Waals surface area contributed by atoms with Crippen molar-refractivity contribution < 1.29 is 26.2 Å². The Hall–Kier alpha value is 0.600. The molecule has 0 aromatic heterocycles. The van der Waals surface area contributed by atoms with Crippen molar-refractivity contribution >= 4 is 40.4 Å². The van der Waals surface area contributed by atoms with Gasteiger partial charge in [-0.25, -0.2) is 6.08 Å². The fourth-order valence-electron chi connectivity index (χ4n) is 1.11. The summed E-state index contributed by atoms with van der Waals surface area (Å²) < 4.78 is 0. The molecule has 0 spiro atoms. The van der Waals surface area contributed by atoms with Gasteiger partial charge in [0.2, 0.25) is 0 Å². The molecular formula is C15H26Cl2NSiZr. The number of fused-ring (bicyclic) bond motifs is 1. The van der Waals surface area contributed by atoms with E-state index in [-0.39, 0.29) is 57.2 Å². The molecule has 0 fully saturated rings. The summed E-state index contributed by atoms with van der Waals surface area (Å²) in [6.45, 7) is 10.6. The van der Waals surface area contributed by atoms with Crippen LogP contribution in [-0.2, 0) is 32.6 Å². The van der Waals surface area contributed by atoms with Crippen LogP contribution in [-0.4, -0.2) is 9.52 Å². The third-order valence-corrected chi connectivity index (χ3v) is 1.61. The second-order valence-electron chi connectivity index (χ2n) is 4.22. The zero-order valence-corrected chi connectivity index (χ0v) is 18.1.